The molecule has 0 aromatic carbocycles. The molecule has 3 aliphatic rings. The average Bonchev–Trinajstić information content (AvgIpc) is 3.42. The number of pyridine rings is 1. The van der Waals surface area contributed by atoms with E-state index >= 15 is 0 Å². The van der Waals surface area contributed by atoms with Crippen molar-refractivity contribution in [2.45, 2.75) is 57.5 Å². The first kappa shape index (κ1) is 21.7. The number of nitrogens with one attached hydrogen (secondary N) is 1. The normalized spacial score (nSPS) is 23.2. The van der Waals surface area contributed by atoms with E-state index in [1.165, 1.54) is 56.5 Å². The highest BCUT2D eigenvalue weighted by molar-refractivity contribution is 7.17. The number of hydrogen-bond donors (Lipinski definition) is 1. The van der Waals surface area contributed by atoms with Crippen LogP contribution >= 0.6 is 11.3 Å². The molecule has 2 saturated heterocycles. The fourth-order valence-electron chi connectivity index (χ4n) is 5.12. The van der Waals surface area contributed by atoms with Crippen LogP contribution in [0.3, 0.4) is 0 Å². The van der Waals surface area contributed by atoms with Crippen LogP contribution in [0.25, 0.3) is 0 Å². The van der Waals surface area contributed by atoms with Crippen molar-refractivity contribution in [2.24, 2.45) is 5.41 Å². The Balaban J connectivity index is 1.16. The maximum atomic E-state index is 13.7. The summed E-state index contributed by atoms with van der Waals surface area (Å²) in [6, 6.07) is 1.42. The number of anilines is 1. The molecule has 2 aromatic rings. The number of hydrogen-bond acceptors (Lipinski definition) is 6. The van der Waals surface area contributed by atoms with Crippen LogP contribution in [-0.4, -0.2) is 53.0 Å². The molecule has 4 heterocycles. The predicted octanol–water partition coefficient (Wildman–Crippen LogP) is 3.98. The number of aromatic nitrogens is 2. The number of piperidine rings is 1. The SMILES string of the molecule is O=C(NCc1ncc(F)cc1F)c1cnc(N2CCC[C@@H](N3CCCC4(CC4)C3)CC2)s1. The van der Waals surface area contributed by atoms with E-state index in [0.29, 0.717) is 16.3 Å². The minimum Gasteiger partial charge on any atom is -0.348 e. The first-order valence-corrected chi connectivity index (χ1v) is 12.4. The summed E-state index contributed by atoms with van der Waals surface area (Å²) in [4.78, 5) is 26.2. The largest absolute Gasteiger partial charge is 0.348 e. The standard InChI is InChI=1S/C23H29F2N5OS/c24-16-11-18(25)19(26-12-16)13-27-21(31)20-14-28-22(32-20)29-8-1-3-17(4-10-29)30-9-2-5-23(15-30)6-7-23/h11-12,14,17H,1-10,13,15H2,(H,27,31)/t17-/m1/s1. The molecular weight excluding hydrogens is 432 g/mol. The van der Waals surface area contributed by atoms with Crippen molar-refractivity contribution in [3.05, 3.63) is 40.7 Å². The topological polar surface area (TPSA) is 61.4 Å². The van der Waals surface area contributed by atoms with Gasteiger partial charge in [-0.2, -0.15) is 0 Å². The maximum absolute atomic E-state index is 13.7. The van der Waals surface area contributed by atoms with E-state index in [9.17, 15) is 13.6 Å². The van der Waals surface area contributed by atoms with Crippen LogP contribution in [0.5, 0.6) is 0 Å². The molecule has 3 fully saturated rings. The molecule has 1 saturated carbocycles. The molecule has 5 rings (SSSR count). The lowest BCUT2D eigenvalue weighted by atomic mass is 9.92. The van der Waals surface area contributed by atoms with Gasteiger partial charge in [-0.15, -0.1) is 0 Å². The number of amides is 1. The zero-order valence-electron chi connectivity index (χ0n) is 18.2. The van der Waals surface area contributed by atoms with Crippen molar-refractivity contribution < 1.29 is 13.6 Å². The zero-order valence-corrected chi connectivity index (χ0v) is 19.0. The number of nitrogens with zero attached hydrogens (tertiary/aromatic N) is 4. The molecule has 0 radical (unpaired) electrons. The summed E-state index contributed by atoms with van der Waals surface area (Å²) in [5.74, 6) is -1.83. The van der Waals surface area contributed by atoms with Crippen LogP contribution in [0.1, 0.15) is 60.3 Å². The van der Waals surface area contributed by atoms with E-state index in [1.807, 2.05) is 0 Å². The quantitative estimate of drug-likeness (QED) is 0.730. The third-order valence-electron chi connectivity index (χ3n) is 7.15. The molecule has 6 nitrogen and oxygen atoms in total. The molecule has 0 unspecified atom stereocenters. The van der Waals surface area contributed by atoms with E-state index in [-0.39, 0.29) is 18.1 Å². The number of rotatable bonds is 5. The maximum Gasteiger partial charge on any atom is 0.263 e. The Morgan fingerprint density at radius 1 is 1.12 bits per heavy atom. The van der Waals surface area contributed by atoms with Crippen LogP contribution in [0.4, 0.5) is 13.9 Å². The molecule has 1 spiro atoms. The third-order valence-corrected chi connectivity index (χ3v) is 8.21. The van der Waals surface area contributed by atoms with E-state index in [2.05, 4.69) is 25.1 Å². The summed E-state index contributed by atoms with van der Waals surface area (Å²) in [5.41, 5.74) is 0.655. The van der Waals surface area contributed by atoms with Gasteiger partial charge in [0.1, 0.15) is 16.5 Å². The van der Waals surface area contributed by atoms with Gasteiger partial charge in [0.15, 0.2) is 5.13 Å². The van der Waals surface area contributed by atoms with Crippen LogP contribution in [0.15, 0.2) is 18.5 Å². The van der Waals surface area contributed by atoms with E-state index < -0.39 is 11.6 Å². The number of carbonyl (C=O) groups excluding carboxylic acids is 1. The summed E-state index contributed by atoms with van der Waals surface area (Å²) >= 11 is 1.36. The average molecular weight is 462 g/mol. The molecule has 1 amide bonds. The Morgan fingerprint density at radius 2 is 2.00 bits per heavy atom. The van der Waals surface area contributed by atoms with Gasteiger partial charge in [0.25, 0.3) is 5.91 Å². The molecule has 172 valence electrons. The predicted molar refractivity (Wildman–Crippen MR) is 120 cm³/mol. The van der Waals surface area contributed by atoms with Crippen LogP contribution in [0.2, 0.25) is 0 Å². The number of carbonyl (C=O) groups is 1. The Morgan fingerprint density at radius 3 is 2.81 bits per heavy atom. The fraction of sp³-hybridized carbons (Fsp3) is 0.609. The zero-order chi connectivity index (χ0) is 22.1. The second-order valence-electron chi connectivity index (χ2n) is 9.42. The van der Waals surface area contributed by atoms with Gasteiger partial charge in [0, 0.05) is 31.7 Å². The van der Waals surface area contributed by atoms with Gasteiger partial charge >= 0.3 is 0 Å². The molecule has 9 heteroatoms. The van der Waals surface area contributed by atoms with Crippen LogP contribution in [0, 0.1) is 17.0 Å². The lowest BCUT2D eigenvalue weighted by Gasteiger charge is -2.38. The molecular formula is C23H29F2N5OS. The van der Waals surface area contributed by atoms with Crippen LogP contribution in [-0.2, 0) is 6.54 Å². The highest BCUT2D eigenvalue weighted by atomic mass is 32.1. The first-order valence-electron chi connectivity index (χ1n) is 11.5. The van der Waals surface area contributed by atoms with Gasteiger partial charge < -0.3 is 10.2 Å². The summed E-state index contributed by atoms with van der Waals surface area (Å²) in [7, 11) is 0. The Hall–Kier alpha value is -2.13. The van der Waals surface area contributed by atoms with Gasteiger partial charge in [-0.05, 0) is 56.9 Å². The summed E-state index contributed by atoms with van der Waals surface area (Å²) in [6.45, 7) is 4.32. The van der Waals surface area contributed by atoms with Gasteiger partial charge in [0.2, 0.25) is 0 Å². The molecule has 0 bridgehead atoms. The number of likely N-dealkylation sites (tertiary alicyclic amines) is 1. The van der Waals surface area contributed by atoms with Gasteiger partial charge in [-0.3, -0.25) is 14.7 Å². The summed E-state index contributed by atoms with van der Waals surface area (Å²) in [5, 5.41) is 3.51. The smallest absolute Gasteiger partial charge is 0.263 e. The molecule has 2 aromatic heterocycles. The minimum absolute atomic E-state index is 0.00809. The lowest BCUT2D eigenvalue weighted by Crippen LogP contribution is -2.43. The van der Waals surface area contributed by atoms with Crippen molar-refractivity contribution in [2.75, 3.05) is 31.1 Å². The Kier molecular flexibility index (Phi) is 6.11. The van der Waals surface area contributed by atoms with E-state index in [0.717, 1.165) is 43.3 Å². The van der Waals surface area contributed by atoms with Crippen molar-refractivity contribution in [1.29, 1.82) is 0 Å². The highest BCUT2D eigenvalue weighted by Crippen LogP contribution is 2.52. The second-order valence-corrected chi connectivity index (χ2v) is 10.4. The monoisotopic (exact) mass is 461 g/mol. The number of halogens is 2. The van der Waals surface area contributed by atoms with Crippen molar-refractivity contribution in [1.82, 2.24) is 20.2 Å². The summed E-state index contributed by atoms with van der Waals surface area (Å²) in [6.07, 6.45) is 11.6. The van der Waals surface area contributed by atoms with Gasteiger partial charge in [0.05, 0.1) is 24.6 Å². The third kappa shape index (κ3) is 4.78. The molecule has 32 heavy (non-hydrogen) atoms. The van der Waals surface area contributed by atoms with Crippen molar-refractivity contribution in [3.63, 3.8) is 0 Å². The molecule has 1 N–H and O–H groups in total. The van der Waals surface area contributed by atoms with Crippen molar-refractivity contribution >= 4 is 22.4 Å². The first-order chi connectivity index (χ1) is 15.5. The van der Waals surface area contributed by atoms with E-state index in [1.54, 1.807) is 6.20 Å². The van der Waals surface area contributed by atoms with Crippen molar-refractivity contribution in [3.8, 4) is 0 Å². The Labute approximate surface area is 191 Å². The second kappa shape index (κ2) is 9.02. The molecule has 1 aliphatic carbocycles. The minimum atomic E-state index is -0.768. The summed E-state index contributed by atoms with van der Waals surface area (Å²) < 4.78 is 26.7. The fourth-order valence-corrected chi connectivity index (χ4v) is 6.00. The van der Waals surface area contributed by atoms with Crippen LogP contribution < -0.4 is 10.2 Å². The lowest BCUT2D eigenvalue weighted by molar-refractivity contribution is 0.0954. The van der Waals surface area contributed by atoms with Gasteiger partial charge in [-0.25, -0.2) is 13.8 Å². The van der Waals surface area contributed by atoms with E-state index in [4.69, 9.17) is 0 Å². The molecule has 1 atom stereocenters. The molecule has 2 aliphatic heterocycles. The highest BCUT2D eigenvalue weighted by Gasteiger charge is 2.46. The Bertz CT molecular complexity index is 979. The van der Waals surface area contributed by atoms with Gasteiger partial charge in [-0.1, -0.05) is 11.3 Å². The number of thiazole rings is 1.